The van der Waals surface area contributed by atoms with E-state index in [-0.39, 0.29) is 17.6 Å². The van der Waals surface area contributed by atoms with Crippen LogP contribution in [0.3, 0.4) is 0 Å². The molecule has 0 bridgehead atoms. The molecule has 1 aliphatic heterocycles. The van der Waals surface area contributed by atoms with Gasteiger partial charge in [0, 0.05) is 48.3 Å². The quantitative estimate of drug-likeness (QED) is 0.395. The van der Waals surface area contributed by atoms with Crippen LogP contribution in [0, 0.1) is 5.92 Å². The molecule has 0 radical (unpaired) electrons. The van der Waals surface area contributed by atoms with E-state index in [1.807, 2.05) is 41.3 Å². The lowest BCUT2D eigenvalue weighted by Gasteiger charge is -2.36. The SMILES string of the molecule is CC(C)CC(=O)N1CCN(c2ccc(NC(=O)c3ccc(-c4ccc(Br)cc4)o3)cc2Cl)CC1. The van der Waals surface area contributed by atoms with Crippen molar-refractivity contribution in [2.45, 2.75) is 20.3 Å². The molecule has 0 aliphatic carbocycles. The maximum absolute atomic E-state index is 12.7. The van der Waals surface area contributed by atoms with E-state index >= 15 is 0 Å². The first-order valence-electron chi connectivity index (χ1n) is 11.3. The maximum Gasteiger partial charge on any atom is 0.291 e. The number of hydrogen-bond donors (Lipinski definition) is 1. The number of carbonyl (C=O) groups excluding carboxylic acids is 2. The van der Waals surface area contributed by atoms with Crippen molar-refractivity contribution in [3.8, 4) is 11.3 Å². The number of furan rings is 1. The minimum atomic E-state index is -0.343. The Morgan fingerprint density at radius 3 is 2.38 bits per heavy atom. The van der Waals surface area contributed by atoms with E-state index in [2.05, 4.69) is 40.0 Å². The van der Waals surface area contributed by atoms with Crippen molar-refractivity contribution in [3.05, 3.63) is 69.9 Å². The molecule has 1 N–H and O–H groups in total. The number of amides is 2. The predicted molar refractivity (Wildman–Crippen MR) is 139 cm³/mol. The molecule has 1 aromatic heterocycles. The zero-order valence-corrected chi connectivity index (χ0v) is 21.5. The van der Waals surface area contributed by atoms with E-state index in [1.54, 1.807) is 18.2 Å². The van der Waals surface area contributed by atoms with E-state index in [4.69, 9.17) is 16.0 Å². The van der Waals surface area contributed by atoms with E-state index in [0.29, 0.717) is 41.9 Å². The lowest BCUT2D eigenvalue weighted by molar-refractivity contribution is -0.132. The van der Waals surface area contributed by atoms with Gasteiger partial charge >= 0.3 is 0 Å². The van der Waals surface area contributed by atoms with E-state index in [1.165, 1.54) is 0 Å². The van der Waals surface area contributed by atoms with Gasteiger partial charge in [0.2, 0.25) is 5.91 Å². The number of rotatable bonds is 6. The van der Waals surface area contributed by atoms with Crippen molar-refractivity contribution >= 4 is 50.7 Å². The molecule has 2 aromatic carbocycles. The zero-order chi connectivity index (χ0) is 24.2. The fraction of sp³-hybridized carbons (Fsp3) is 0.308. The summed E-state index contributed by atoms with van der Waals surface area (Å²) < 4.78 is 6.72. The summed E-state index contributed by atoms with van der Waals surface area (Å²) in [6.07, 6.45) is 0.579. The smallest absolute Gasteiger partial charge is 0.291 e. The number of nitrogens with zero attached hydrogens (tertiary/aromatic N) is 2. The zero-order valence-electron chi connectivity index (χ0n) is 19.2. The second-order valence-corrected chi connectivity index (χ2v) is 10.1. The fourth-order valence-electron chi connectivity index (χ4n) is 3.94. The monoisotopic (exact) mass is 543 g/mol. The summed E-state index contributed by atoms with van der Waals surface area (Å²) in [6.45, 7) is 6.92. The second kappa shape index (κ2) is 10.7. The average Bonchev–Trinajstić information content (AvgIpc) is 3.30. The van der Waals surface area contributed by atoms with Gasteiger partial charge in [0.1, 0.15) is 5.76 Å². The molecule has 1 fully saturated rings. The summed E-state index contributed by atoms with van der Waals surface area (Å²) in [5.41, 5.74) is 2.37. The molecule has 0 spiro atoms. The molecular weight excluding hydrogens is 518 g/mol. The third-order valence-corrected chi connectivity index (χ3v) is 6.55. The third kappa shape index (κ3) is 5.83. The first-order valence-corrected chi connectivity index (χ1v) is 12.5. The van der Waals surface area contributed by atoms with Gasteiger partial charge in [-0.25, -0.2) is 0 Å². The first kappa shape index (κ1) is 24.4. The van der Waals surface area contributed by atoms with Crippen molar-refractivity contribution in [3.63, 3.8) is 0 Å². The van der Waals surface area contributed by atoms with Gasteiger partial charge in [0.25, 0.3) is 5.91 Å². The number of hydrogen-bond acceptors (Lipinski definition) is 4. The van der Waals surface area contributed by atoms with Gasteiger partial charge in [-0.15, -0.1) is 0 Å². The number of halogens is 2. The van der Waals surface area contributed by atoms with Gasteiger partial charge in [0.15, 0.2) is 5.76 Å². The Morgan fingerprint density at radius 1 is 1.03 bits per heavy atom. The highest BCUT2D eigenvalue weighted by Crippen LogP contribution is 2.30. The number of benzene rings is 2. The van der Waals surface area contributed by atoms with Gasteiger partial charge in [-0.3, -0.25) is 9.59 Å². The summed E-state index contributed by atoms with van der Waals surface area (Å²) in [4.78, 5) is 29.1. The van der Waals surface area contributed by atoms with Crippen LogP contribution in [-0.2, 0) is 4.79 Å². The van der Waals surface area contributed by atoms with Crippen LogP contribution >= 0.6 is 27.5 Å². The second-order valence-electron chi connectivity index (χ2n) is 8.76. The molecule has 1 saturated heterocycles. The van der Waals surface area contributed by atoms with E-state index in [0.717, 1.165) is 28.8 Å². The Morgan fingerprint density at radius 2 is 1.74 bits per heavy atom. The van der Waals surface area contributed by atoms with Crippen molar-refractivity contribution in [2.24, 2.45) is 5.92 Å². The van der Waals surface area contributed by atoms with Gasteiger partial charge < -0.3 is 19.5 Å². The molecule has 34 heavy (non-hydrogen) atoms. The number of carbonyl (C=O) groups is 2. The van der Waals surface area contributed by atoms with Crippen LogP contribution in [-0.4, -0.2) is 42.9 Å². The number of anilines is 2. The van der Waals surface area contributed by atoms with Gasteiger partial charge in [-0.1, -0.05) is 53.5 Å². The van der Waals surface area contributed by atoms with Gasteiger partial charge in [-0.2, -0.15) is 0 Å². The summed E-state index contributed by atoms with van der Waals surface area (Å²) in [7, 11) is 0. The van der Waals surface area contributed by atoms with Crippen LogP contribution in [0.4, 0.5) is 11.4 Å². The standard InChI is InChI=1S/C26H27BrClN3O3/c1-17(2)15-25(32)31-13-11-30(12-14-31)22-8-7-20(16-21(22)28)29-26(33)24-10-9-23(34-24)18-3-5-19(27)6-4-18/h3-10,16-17H,11-15H2,1-2H3,(H,29,33). The molecule has 2 heterocycles. The first-order chi connectivity index (χ1) is 16.3. The number of nitrogens with one attached hydrogen (secondary N) is 1. The van der Waals surface area contributed by atoms with Crippen molar-refractivity contribution in [1.29, 1.82) is 0 Å². The fourth-order valence-corrected chi connectivity index (χ4v) is 4.50. The molecule has 0 saturated carbocycles. The molecule has 8 heteroatoms. The Balaban J connectivity index is 1.37. The summed E-state index contributed by atoms with van der Waals surface area (Å²) in [5, 5.41) is 3.40. The van der Waals surface area contributed by atoms with Crippen LogP contribution in [0.2, 0.25) is 5.02 Å². The van der Waals surface area contributed by atoms with Crippen LogP contribution in [0.5, 0.6) is 0 Å². The maximum atomic E-state index is 12.7. The Kier molecular flexibility index (Phi) is 7.63. The summed E-state index contributed by atoms with van der Waals surface area (Å²) >= 11 is 9.97. The average molecular weight is 545 g/mol. The van der Waals surface area contributed by atoms with Crippen LogP contribution in [0.25, 0.3) is 11.3 Å². The minimum Gasteiger partial charge on any atom is -0.451 e. The third-order valence-electron chi connectivity index (χ3n) is 5.72. The summed E-state index contributed by atoms with van der Waals surface area (Å²) in [5.74, 6) is 1.07. The van der Waals surface area contributed by atoms with Crippen molar-refractivity contribution < 1.29 is 14.0 Å². The Hall–Kier alpha value is -2.77. The Bertz CT molecular complexity index is 1170. The van der Waals surface area contributed by atoms with Gasteiger partial charge in [-0.05, 0) is 48.4 Å². The van der Waals surface area contributed by atoms with Crippen LogP contribution in [0.15, 0.2) is 63.5 Å². The van der Waals surface area contributed by atoms with Crippen LogP contribution in [0.1, 0.15) is 30.8 Å². The highest BCUT2D eigenvalue weighted by Gasteiger charge is 2.23. The molecule has 1 aliphatic rings. The van der Waals surface area contributed by atoms with Crippen molar-refractivity contribution in [1.82, 2.24) is 4.90 Å². The topological polar surface area (TPSA) is 65.8 Å². The van der Waals surface area contributed by atoms with Crippen molar-refractivity contribution in [2.75, 3.05) is 36.4 Å². The molecule has 0 unspecified atom stereocenters. The highest BCUT2D eigenvalue weighted by molar-refractivity contribution is 9.10. The molecule has 6 nitrogen and oxygen atoms in total. The van der Waals surface area contributed by atoms with E-state index < -0.39 is 0 Å². The molecule has 0 atom stereocenters. The molecular formula is C26H27BrClN3O3. The summed E-state index contributed by atoms with van der Waals surface area (Å²) in [6, 6.07) is 16.6. The largest absolute Gasteiger partial charge is 0.451 e. The molecule has 4 rings (SSSR count). The molecule has 178 valence electrons. The normalized spacial score (nSPS) is 13.9. The van der Waals surface area contributed by atoms with Gasteiger partial charge in [0.05, 0.1) is 10.7 Å². The lowest BCUT2D eigenvalue weighted by atomic mass is 10.1. The Labute approximate surface area is 213 Å². The minimum absolute atomic E-state index is 0.208. The number of piperazine rings is 1. The van der Waals surface area contributed by atoms with E-state index in [9.17, 15) is 9.59 Å². The predicted octanol–water partition coefficient (Wildman–Crippen LogP) is 6.31. The molecule has 3 aromatic rings. The highest BCUT2D eigenvalue weighted by atomic mass is 79.9. The lowest BCUT2D eigenvalue weighted by Crippen LogP contribution is -2.49. The molecule has 2 amide bonds. The van der Waals surface area contributed by atoms with Crippen LogP contribution < -0.4 is 10.2 Å².